The molecule has 2 aromatic rings. The van der Waals surface area contributed by atoms with Gasteiger partial charge in [-0.2, -0.15) is 0 Å². The summed E-state index contributed by atoms with van der Waals surface area (Å²) in [7, 11) is 1.35. The van der Waals surface area contributed by atoms with Gasteiger partial charge >= 0.3 is 5.97 Å². The molecule has 2 heterocycles. The maximum atomic E-state index is 11.2. The molecule has 0 atom stereocenters. The third-order valence-electron chi connectivity index (χ3n) is 2.75. The van der Waals surface area contributed by atoms with Gasteiger partial charge in [-0.1, -0.05) is 0 Å². The second-order valence-electron chi connectivity index (χ2n) is 5.04. The number of carbonyl (C=O) groups is 4. The van der Waals surface area contributed by atoms with Crippen LogP contribution in [-0.2, 0) is 14.3 Å². The van der Waals surface area contributed by atoms with Gasteiger partial charge in [-0.05, 0) is 38.1 Å². The quantitative estimate of drug-likeness (QED) is 0.470. The Morgan fingerprint density at radius 1 is 0.885 bits per heavy atom. The molecule has 0 amide bonds. The molecule has 0 unspecified atom stereocenters. The highest BCUT2D eigenvalue weighted by Gasteiger charge is 2.07. The topological polar surface area (TPSA) is 103 Å². The highest BCUT2D eigenvalue weighted by molar-refractivity contribution is 6.07. The predicted molar refractivity (Wildman–Crippen MR) is 95.8 cm³/mol. The number of hydrogen-bond acceptors (Lipinski definition) is 7. The van der Waals surface area contributed by atoms with Crippen LogP contribution in [-0.4, -0.2) is 40.4 Å². The van der Waals surface area contributed by atoms with Crippen LogP contribution in [0, 0.1) is 0 Å². The van der Waals surface area contributed by atoms with Crippen LogP contribution in [0.5, 0.6) is 0 Å². The molecule has 2 aromatic heterocycles. The lowest BCUT2D eigenvalue weighted by Crippen LogP contribution is -2.04. The average Bonchev–Trinajstić information content (AvgIpc) is 2.63. The molecule has 26 heavy (non-hydrogen) atoms. The fourth-order valence-corrected chi connectivity index (χ4v) is 1.43. The summed E-state index contributed by atoms with van der Waals surface area (Å²) in [5.41, 5.74) is 1.16. The van der Waals surface area contributed by atoms with Gasteiger partial charge in [0.2, 0.25) is 0 Å². The van der Waals surface area contributed by atoms with Crippen molar-refractivity contribution in [3.8, 4) is 0 Å². The average molecular weight is 358 g/mol. The van der Waals surface area contributed by atoms with Crippen LogP contribution in [0.3, 0.4) is 0 Å². The highest BCUT2D eigenvalue weighted by atomic mass is 16.5. The molecular weight excluding hydrogens is 336 g/mol. The Bertz CT molecular complexity index is 715. The van der Waals surface area contributed by atoms with E-state index in [0.717, 1.165) is 0 Å². The summed E-state index contributed by atoms with van der Waals surface area (Å²) in [4.78, 5) is 49.5. The van der Waals surface area contributed by atoms with Gasteiger partial charge in [-0.3, -0.25) is 29.1 Å². The van der Waals surface area contributed by atoms with Crippen LogP contribution in [0.2, 0.25) is 0 Å². The molecule has 0 aromatic carbocycles. The Kier molecular flexibility index (Phi) is 11.5. The predicted octanol–water partition coefficient (Wildman–Crippen LogP) is 2.71. The Morgan fingerprint density at radius 2 is 1.35 bits per heavy atom. The number of aromatic nitrogens is 2. The fourth-order valence-electron chi connectivity index (χ4n) is 1.43. The third kappa shape index (κ3) is 11.3. The third-order valence-corrected chi connectivity index (χ3v) is 2.75. The smallest absolute Gasteiger partial charge is 0.302 e. The molecule has 7 heteroatoms. The largest absolute Gasteiger partial charge is 0.469 e. The SMILES string of the molecule is CC(=O)CC(=O)c1cccnc1.CC(=O)c1cccnc1.COC(C)=O. The zero-order chi connectivity index (χ0) is 19.9. The van der Waals surface area contributed by atoms with Crippen LogP contribution >= 0.6 is 0 Å². The molecule has 7 nitrogen and oxygen atoms in total. The van der Waals surface area contributed by atoms with E-state index >= 15 is 0 Å². The molecule has 2 rings (SSSR count). The molecule has 0 saturated heterocycles. The minimum atomic E-state index is -0.245. The van der Waals surface area contributed by atoms with Gasteiger partial charge in [0.25, 0.3) is 0 Å². The molecule has 0 N–H and O–H groups in total. The van der Waals surface area contributed by atoms with Gasteiger partial charge in [0.1, 0.15) is 5.78 Å². The zero-order valence-electron chi connectivity index (χ0n) is 15.3. The van der Waals surface area contributed by atoms with Gasteiger partial charge in [0, 0.05) is 42.8 Å². The number of ether oxygens (including phenoxy) is 1. The van der Waals surface area contributed by atoms with Crippen LogP contribution in [0.15, 0.2) is 49.1 Å². The van der Waals surface area contributed by atoms with Crippen molar-refractivity contribution in [1.29, 1.82) is 0 Å². The van der Waals surface area contributed by atoms with Gasteiger partial charge in [0.15, 0.2) is 11.6 Å². The number of ketones is 3. The monoisotopic (exact) mass is 358 g/mol. The first-order chi connectivity index (χ1) is 12.3. The molecular formula is C19H22N2O5. The number of methoxy groups -OCH3 is 1. The van der Waals surface area contributed by atoms with E-state index in [4.69, 9.17) is 0 Å². The van der Waals surface area contributed by atoms with E-state index in [1.165, 1.54) is 34.1 Å². The van der Waals surface area contributed by atoms with Crippen molar-refractivity contribution in [2.24, 2.45) is 0 Å². The number of pyridine rings is 2. The molecule has 0 radical (unpaired) electrons. The molecule has 0 spiro atoms. The molecule has 138 valence electrons. The number of nitrogens with zero attached hydrogens (tertiary/aromatic N) is 2. The summed E-state index contributed by atoms with van der Waals surface area (Å²) >= 11 is 0. The standard InChI is InChI=1S/C9H9NO2.C7H7NO.C3H6O2/c1-7(11)5-9(12)8-3-2-4-10-6-8;1-6(9)7-3-2-4-8-5-7;1-3(4)5-2/h2-4,6H,5H2,1H3;2-5H,1H3;1-2H3. The van der Waals surface area contributed by atoms with Crippen LogP contribution in [0.4, 0.5) is 0 Å². The van der Waals surface area contributed by atoms with Crippen molar-refractivity contribution in [1.82, 2.24) is 9.97 Å². The summed E-state index contributed by atoms with van der Waals surface area (Å²) in [5, 5.41) is 0. The second-order valence-corrected chi connectivity index (χ2v) is 5.04. The van der Waals surface area contributed by atoms with Crippen LogP contribution < -0.4 is 0 Å². The summed E-state index contributed by atoms with van der Waals surface area (Å²) in [6.07, 6.45) is 6.22. The van der Waals surface area contributed by atoms with E-state index in [1.807, 2.05) is 0 Å². The normalized spacial score (nSPS) is 8.77. The number of esters is 1. The van der Waals surface area contributed by atoms with Gasteiger partial charge < -0.3 is 4.74 Å². The van der Waals surface area contributed by atoms with E-state index in [0.29, 0.717) is 11.1 Å². The van der Waals surface area contributed by atoms with E-state index in [2.05, 4.69) is 14.7 Å². The first-order valence-corrected chi connectivity index (χ1v) is 7.66. The Morgan fingerprint density at radius 3 is 1.62 bits per heavy atom. The van der Waals surface area contributed by atoms with E-state index in [9.17, 15) is 19.2 Å². The van der Waals surface area contributed by atoms with Crippen molar-refractivity contribution < 1.29 is 23.9 Å². The minimum absolute atomic E-state index is 0.0360. The highest BCUT2D eigenvalue weighted by Crippen LogP contribution is 2.00. The molecule has 0 fully saturated rings. The Balaban J connectivity index is 0.000000394. The number of rotatable bonds is 4. The molecule has 0 aliphatic rings. The van der Waals surface area contributed by atoms with E-state index < -0.39 is 0 Å². The summed E-state index contributed by atoms with van der Waals surface area (Å²) in [6, 6.07) is 6.82. The Labute approximate surface area is 152 Å². The lowest BCUT2D eigenvalue weighted by Gasteiger charge is -1.95. The maximum Gasteiger partial charge on any atom is 0.302 e. The van der Waals surface area contributed by atoms with Crippen LogP contribution in [0.25, 0.3) is 0 Å². The first-order valence-electron chi connectivity index (χ1n) is 7.66. The van der Waals surface area contributed by atoms with Crippen LogP contribution in [0.1, 0.15) is 47.9 Å². The number of hydrogen-bond donors (Lipinski definition) is 0. The van der Waals surface area contributed by atoms with Crippen molar-refractivity contribution in [3.63, 3.8) is 0 Å². The fraction of sp³-hybridized carbons (Fsp3) is 0.263. The lowest BCUT2D eigenvalue weighted by atomic mass is 10.1. The van der Waals surface area contributed by atoms with E-state index in [-0.39, 0.29) is 29.7 Å². The lowest BCUT2D eigenvalue weighted by molar-refractivity contribution is -0.138. The minimum Gasteiger partial charge on any atom is -0.469 e. The van der Waals surface area contributed by atoms with Crippen molar-refractivity contribution in [2.75, 3.05) is 7.11 Å². The van der Waals surface area contributed by atoms with Gasteiger partial charge in [0.05, 0.1) is 13.5 Å². The molecule has 0 bridgehead atoms. The van der Waals surface area contributed by atoms with Gasteiger partial charge in [-0.15, -0.1) is 0 Å². The Hall–Kier alpha value is -3.22. The van der Waals surface area contributed by atoms with Crippen molar-refractivity contribution >= 4 is 23.3 Å². The van der Waals surface area contributed by atoms with Gasteiger partial charge in [-0.25, -0.2) is 0 Å². The van der Waals surface area contributed by atoms with E-state index in [1.54, 1.807) is 42.9 Å². The molecule has 0 aliphatic carbocycles. The number of Topliss-reactive ketones (excluding diaryl/α,β-unsaturated/α-hetero) is 3. The van der Waals surface area contributed by atoms with Crippen molar-refractivity contribution in [2.45, 2.75) is 27.2 Å². The molecule has 0 saturated carbocycles. The summed E-state index contributed by atoms with van der Waals surface area (Å²) < 4.78 is 4.11. The summed E-state index contributed by atoms with van der Waals surface area (Å²) in [5.74, 6) is -0.479. The molecule has 0 aliphatic heterocycles. The zero-order valence-corrected chi connectivity index (χ0v) is 15.3. The van der Waals surface area contributed by atoms with Crippen molar-refractivity contribution in [3.05, 3.63) is 60.2 Å². The number of carbonyl (C=O) groups excluding carboxylic acids is 4. The first kappa shape index (κ1) is 22.8. The summed E-state index contributed by atoms with van der Waals surface area (Å²) in [6.45, 7) is 4.28. The maximum absolute atomic E-state index is 11.2. The second kappa shape index (κ2) is 13.1.